The van der Waals surface area contributed by atoms with Crippen LogP contribution in [0.3, 0.4) is 0 Å². The van der Waals surface area contributed by atoms with E-state index >= 15 is 0 Å². The summed E-state index contributed by atoms with van der Waals surface area (Å²) < 4.78 is 5.52. The molecule has 0 aliphatic rings. The smallest absolute Gasteiger partial charge is 0.221 e. The fraction of sp³-hybridized carbons (Fsp3) is 0.250. The van der Waals surface area contributed by atoms with Gasteiger partial charge in [0.2, 0.25) is 5.91 Å². The number of hydrogen-bond donors (Lipinski definition) is 2. The number of aliphatic hydroxyl groups excluding tert-OH is 1. The zero-order valence-electron chi connectivity index (χ0n) is 12.6. The van der Waals surface area contributed by atoms with Crippen molar-refractivity contribution in [3.63, 3.8) is 0 Å². The lowest BCUT2D eigenvalue weighted by Crippen LogP contribution is -2.20. The first-order chi connectivity index (χ1) is 10.6. The fourth-order valence-corrected chi connectivity index (χ4v) is 2.46. The molecule has 0 spiro atoms. The number of nitrogens with one attached hydrogen (secondary N) is 1. The van der Waals surface area contributed by atoms with Crippen LogP contribution >= 0.6 is 24.2 Å². The van der Waals surface area contributed by atoms with Gasteiger partial charge < -0.3 is 15.2 Å². The predicted octanol–water partition coefficient (Wildman–Crippen LogP) is 2.99. The van der Waals surface area contributed by atoms with Crippen molar-refractivity contribution in [1.82, 2.24) is 4.98 Å². The van der Waals surface area contributed by atoms with Crippen molar-refractivity contribution >= 4 is 35.8 Å². The summed E-state index contributed by atoms with van der Waals surface area (Å²) in [6.45, 7) is 1.67. The molecule has 1 unspecified atom stereocenters. The Bertz CT molecular complexity index is 596. The minimum absolute atomic E-state index is 0. The number of aliphatic hydroxyl groups is 1. The molecule has 0 radical (unpaired) electrons. The number of carbonyl (C=O) groups is 1. The number of ether oxygens (including phenoxy) is 1. The highest BCUT2D eigenvalue weighted by Gasteiger charge is 2.07. The van der Waals surface area contributed by atoms with Crippen molar-refractivity contribution in [2.24, 2.45) is 0 Å². The van der Waals surface area contributed by atoms with Crippen LogP contribution in [0.1, 0.15) is 6.92 Å². The third-order valence-corrected chi connectivity index (χ3v) is 3.77. The van der Waals surface area contributed by atoms with Gasteiger partial charge in [-0.2, -0.15) is 0 Å². The highest BCUT2D eigenvalue weighted by Crippen LogP contribution is 2.18. The van der Waals surface area contributed by atoms with Gasteiger partial charge in [-0.25, -0.2) is 4.98 Å². The Morgan fingerprint density at radius 3 is 2.65 bits per heavy atom. The Morgan fingerprint density at radius 1 is 1.30 bits per heavy atom. The number of pyridine rings is 1. The first kappa shape index (κ1) is 19.3. The van der Waals surface area contributed by atoms with Gasteiger partial charge in [-0.3, -0.25) is 4.79 Å². The van der Waals surface area contributed by atoms with Gasteiger partial charge >= 0.3 is 0 Å². The summed E-state index contributed by atoms with van der Waals surface area (Å²) in [7, 11) is 0. The summed E-state index contributed by atoms with van der Waals surface area (Å²) in [6.07, 6.45) is 1.14. The van der Waals surface area contributed by atoms with E-state index < -0.39 is 6.10 Å². The van der Waals surface area contributed by atoms with Crippen molar-refractivity contribution in [2.45, 2.75) is 18.1 Å². The van der Waals surface area contributed by atoms with E-state index in [9.17, 15) is 9.90 Å². The van der Waals surface area contributed by atoms with Crippen LogP contribution in [0.4, 0.5) is 5.69 Å². The Labute approximate surface area is 145 Å². The van der Waals surface area contributed by atoms with Crippen molar-refractivity contribution in [3.05, 3.63) is 48.7 Å². The highest BCUT2D eigenvalue weighted by molar-refractivity contribution is 7.99. The molecule has 2 rings (SSSR count). The number of hydrogen-bond acceptors (Lipinski definition) is 5. The lowest BCUT2D eigenvalue weighted by Gasteiger charge is -2.12. The molecule has 124 valence electrons. The summed E-state index contributed by atoms with van der Waals surface area (Å²) in [5, 5.41) is 13.5. The van der Waals surface area contributed by atoms with Crippen LogP contribution in [0.5, 0.6) is 5.75 Å². The van der Waals surface area contributed by atoms with Crippen molar-refractivity contribution in [1.29, 1.82) is 0 Å². The maximum Gasteiger partial charge on any atom is 0.221 e. The number of thioether (sulfide) groups is 1. The topological polar surface area (TPSA) is 71.5 Å². The van der Waals surface area contributed by atoms with E-state index in [4.69, 9.17) is 4.74 Å². The van der Waals surface area contributed by atoms with Gasteiger partial charge in [-0.15, -0.1) is 24.2 Å². The second kappa shape index (κ2) is 10.1. The van der Waals surface area contributed by atoms with Crippen LogP contribution in [-0.4, -0.2) is 34.5 Å². The molecule has 1 heterocycles. The molecular formula is C16H19ClN2O3S. The minimum atomic E-state index is -0.581. The molecule has 1 amide bonds. The third-order valence-electron chi connectivity index (χ3n) is 2.68. The van der Waals surface area contributed by atoms with Crippen molar-refractivity contribution < 1.29 is 14.6 Å². The summed E-state index contributed by atoms with van der Waals surface area (Å²) in [5.41, 5.74) is 0.714. The molecule has 1 aromatic heterocycles. The van der Waals surface area contributed by atoms with E-state index in [0.717, 1.165) is 5.03 Å². The molecule has 23 heavy (non-hydrogen) atoms. The summed E-state index contributed by atoms with van der Waals surface area (Å²) in [6, 6.07) is 12.7. The molecule has 5 nitrogen and oxygen atoms in total. The number of anilines is 1. The lowest BCUT2D eigenvalue weighted by atomic mass is 10.3. The molecule has 2 aromatic rings. The number of aromatic nitrogens is 1. The first-order valence-electron chi connectivity index (χ1n) is 6.86. The maximum absolute atomic E-state index is 10.9. The van der Waals surface area contributed by atoms with Crippen LogP contribution < -0.4 is 10.1 Å². The number of benzene rings is 1. The van der Waals surface area contributed by atoms with Gasteiger partial charge in [-0.1, -0.05) is 6.07 Å². The van der Waals surface area contributed by atoms with Crippen LogP contribution in [-0.2, 0) is 4.79 Å². The molecule has 7 heteroatoms. The Hall–Kier alpha value is -1.76. The average Bonchev–Trinajstić information content (AvgIpc) is 2.53. The summed E-state index contributed by atoms with van der Waals surface area (Å²) in [4.78, 5) is 15.1. The Balaban J connectivity index is 0.00000264. The number of nitrogens with zero attached hydrogens (tertiary/aromatic N) is 1. The number of carbonyl (C=O) groups excluding carboxylic acids is 1. The minimum Gasteiger partial charge on any atom is -0.491 e. The van der Waals surface area contributed by atoms with Gasteiger partial charge in [-0.05, 0) is 36.4 Å². The summed E-state index contributed by atoms with van der Waals surface area (Å²) >= 11 is 1.48. The Kier molecular flexibility index (Phi) is 8.47. The van der Waals surface area contributed by atoms with Crippen LogP contribution in [0.25, 0.3) is 0 Å². The normalized spacial score (nSPS) is 11.2. The van der Waals surface area contributed by atoms with E-state index in [1.54, 1.807) is 30.5 Å². The molecule has 1 aromatic carbocycles. The first-order valence-corrected chi connectivity index (χ1v) is 7.84. The number of amides is 1. The molecule has 0 aliphatic carbocycles. The quantitative estimate of drug-likeness (QED) is 0.748. The molecule has 0 bridgehead atoms. The summed E-state index contributed by atoms with van der Waals surface area (Å²) in [5.74, 6) is 1.05. The predicted molar refractivity (Wildman–Crippen MR) is 94.5 cm³/mol. The van der Waals surface area contributed by atoms with E-state index in [-0.39, 0.29) is 24.9 Å². The monoisotopic (exact) mass is 354 g/mol. The molecule has 0 aliphatic heterocycles. The Morgan fingerprint density at radius 2 is 2.04 bits per heavy atom. The zero-order valence-corrected chi connectivity index (χ0v) is 14.3. The maximum atomic E-state index is 10.9. The van der Waals surface area contributed by atoms with Gasteiger partial charge in [0.1, 0.15) is 12.4 Å². The largest absolute Gasteiger partial charge is 0.491 e. The molecule has 0 saturated heterocycles. The zero-order chi connectivity index (χ0) is 15.8. The van der Waals surface area contributed by atoms with Crippen LogP contribution in [0.15, 0.2) is 53.7 Å². The number of rotatable bonds is 7. The van der Waals surface area contributed by atoms with Gasteiger partial charge in [0.25, 0.3) is 0 Å². The molecule has 0 fully saturated rings. The molecule has 0 saturated carbocycles. The van der Waals surface area contributed by atoms with Gasteiger partial charge in [0.15, 0.2) is 0 Å². The van der Waals surface area contributed by atoms with E-state index in [1.165, 1.54) is 18.7 Å². The van der Waals surface area contributed by atoms with E-state index in [2.05, 4.69) is 10.3 Å². The van der Waals surface area contributed by atoms with Crippen molar-refractivity contribution in [2.75, 3.05) is 17.7 Å². The standard InChI is InChI=1S/C16H18N2O3S.ClH/c1-12(19)18-13-5-7-15(8-6-13)21-10-14(20)11-22-16-4-2-3-9-17-16;/h2-9,14,20H,10-11H2,1H3,(H,18,19);1H. The van der Waals surface area contributed by atoms with Crippen LogP contribution in [0, 0.1) is 0 Å². The van der Waals surface area contributed by atoms with Crippen molar-refractivity contribution in [3.8, 4) is 5.75 Å². The molecule has 2 N–H and O–H groups in total. The van der Waals surface area contributed by atoms with E-state index in [0.29, 0.717) is 17.2 Å². The second-order valence-corrected chi connectivity index (χ2v) is 5.69. The number of halogens is 1. The van der Waals surface area contributed by atoms with Gasteiger partial charge in [0, 0.05) is 24.6 Å². The van der Waals surface area contributed by atoms with Gasteiger partial charge in [0.05, 0.1) is 11.1 Å². The second-order valence-electron chi connectivity index (χ2n) is 4.65. The third kappa shape index (κ3) is 7.36. The fourth-order valence-electron chi connectivity index (χ4n) is 1.69. The van der Waals surface area contributed by atoms with Crippen LogP contribution in [0.2, 0.25) is 0 Å². The SMILES string of the molecule is CC(=O)Nc1ccc(OCC(O)CSc2ccccn2)cc1.Cl. The highest BCUT2D eigenvalue weighted by atomic mass is 35.5. The molecule has 1 atom stereocenters. The lowest BCUT2D eigenvalue weighted by molar-refractivity contribution is -0.114. The molecular weight excluding hydrogens is 336 g/mol. The van der Waals surface area contributed by atoms with E-state index in [1.807, 2.05) is 18.2 Å². The average molecular weight is 355 g/mol.